The molecule has 0 N–H and O–H groups in total. The Hall–Kier alpha value is -2.59. The van der Waals surface area contributed by atoms with E-state index >= 15 is 0 Å². The Labute approximate surface area is 168 Å². The van der Waals surface area contributed by atoms with Gasteiger partial charge in [-0.15, -0.1) is 0 Å². The van der Waals surface area contributed by atoms with E-state index in [1.54, 1.807) is 6.07 Å². The first-order chi connectivity index (χ1) is 13.2. The Balaban J connectivity index is 1.86. The number of rotatable bonds is 8. The van der Waals surface area contributed by atoms with Crippen molar-refractivity contribution in [2.75, 3.05) is 5.33 Å². The van der Waals surface area contributed by atoms with Gasteiger partial charge in [-0.05, 0) is 30.2 Å². The maximum atomic E-state index is 12.2. The van der Waals surface area contributed by atoms with Crippen LogP contribution in [-0.4, -0.2) is 11.1 Å². The Morgan fingerprint density at radius 2 is 1.37 bits per heavy atom. The molecule has 3 rings (SSSR count). The maximum Gasteiger partial charge on any atom is 0.173 e. The van der Waals surface area contributed by atoms with E-state index in [-0.39, 0.29) is 11.1 Å². The molecule has 0 aliphatic rings. The number of alkyl halides is 1. The van der Waals surface area contributed by atoms with Crippen LogP contribution in [0.1, 0.15) is 27.0 Å². The average Bonchev–Trinajstić information content (AvgIpc) is 2.72. The van der Waals surface area contributed by atoms with Crippen molar-refractivity contribution in [3.05, 3.63) is 95.1 Å². The fourth-order valence-electron chi connectivity index (χ4n) is 2.80. The third kappa shape index (κ3) is 4.98. The summed E-state index contributed by atoms with van der Waals surface area (Å²) < 4.78 is 12.1. The number of benzene rings is 3. The van der Waals surface area contributed by atoms with Crippen LogP contribution in [0, 0.1) is 6.92 Å². The highest BCUT2D eigenvalue weighted by molar-refractivity contribution is 9.09. The van der Waals surface area contributed by atoms with Gasteiger partial charge >= 0.3 is 0 Å². The van der Waals surface area contributed by atoms with Gasteiger partial charge in [-0.25, -0.2) is 0 Å². The molecule has 0 bridgehead atoms. The fourth-order valence-corrected chi connectivity index (χ4v) is 3.10. The lowest BCUT2D eigenvalue weighted by Crippen LogP contribution is -2.07. The van der Waals surface area contributed by atoms with Crippen LogP contribution in [0.3, 0.4) is 0 Å². The Kier molecular flexibility index (Phi) is 6.66. The van der Waals surface area contributed by atoms with Crippen molar-refractivity contribution in [2.24, 2.45) is 0 Å². The number of carbonyl (C=O) groups excluding carboxylic acids is 1. The van der Waals surface area contributed by atoms with Crippen LogP contribution in [0.25, 0.3) is 0 Å². The minimum absolute atomic E-state index is 0.0201. The van der Waals surface area contributed by atoms with Crippen LogP contribution < -0.4 is 9.47 Å². The molecule has 0 saturated carbocycles. The molecule has 4 heteroatoms. The molecule has 0 saturated heterocycles. The topological polar surface area (TPSA) is 35.5 Å². The van der Waals surface area contributed by atoms with E-state index in [2.05, 4.69) is 15.9 Å². The van der Waals surface area contributed by atoms with Crippen LogP contribution in [-0.2, 0) is 13.2 Å². The molecule has 3 aromatic carbocycles. The number of ketones is 1. The molecule has 0 spiro atoms. The van der Waals surface area contributed by atoms with Crippen molar-refractivity contribution in [1.82, 2.24) is 0 Å². The van der Waals surface area contributed by atoms with Crippen molar-refractivity contribution in [3.63, 3.8) is 0 Å². The van der Waals surface area contributed by atoms with Crippen molar-refractivity contribution in [1.29, 1.82) is 0 Å². The smallest absolute Gasteiger partial charge is 0.173 e. The number of hydrogen-bond donors (Lipinski definition) is 0. The van der Waals surface area contributed by atoms with Gasteiger partial charge in [-0.3, -0.25) is 4.79 Å². The van der Waals surface area contributed by atoms with Crippen LogP contribution in [0.4, 0.5) is 0 Å². The van der Waals surface area contributed by atoms with Gasteiger partial charge < -0.3 is 9.47 Å². The van der Waals surface area contributed by atoms with Crippen LogP contribution in [0.5, 0.6) is 11.5 Å². The fraction of sp³-hybridized carbons (Fsp3) is 0.174. The molecule has 27 heavy (non-hydrogen) atoms. The summed E-state index contributed by atoms with van der Waals surface area (Å²) in [6, 6.07) is 23.5. The van der Waals surface area contributed by atoms with E-state index in [0.29, 0.717) is 30.3 Å². The predicted octanol–water partition coefficient (Wildman–Crippen LogP) is 5.73. The number of halogens is 1. The van der Waals surface area contributed by atoms with E-state index in [9.17, 15) is 4.79 Å². The molecule has 0 atom stereocenters. The second kappa shape index (κ2) is 9.38. The second-order valence-corrected chi connectivity index (χ2v) is 6.73. The van der Waals surface area contributed by atoms with E-state index < -0.39 is 0 Å². The van der Waals surface area contributed by atoms with Gasteiger partial charge in [-0.1, -0.05) is 76.6 Å². The Morgan fingerprint density at radius 1 is 0.815 bits per heavy atom. The SMILES string of the molecule is Cc1c(C(=O)CBr)ccc(OCc2ccccc2)c1OCc1ccccc1. The van der Waals surface area contributed by atoms with Gasteiger partial charge in [0, 0.05) is 11.1 Å². The largest absolute Gasteiger partial charge is 0.485 e. The van der Waals surface area contributed by atoms with Gasteiger partial charge in [0.1, 0.15) is 13.2 Å². The van der Waals surface area contributed by atoms with Crippen molar-refractivity contribution in [3.8, 4) is 11.5 Å². The zero-order chi connectivity index (χ0) is 19.1. The minimum atomic E-state index is 0.0201. The predicted molar refractivity (Wildman–Crippen MR) is 111 cm³/mol. The molecule has 0 amide bonds. The first-order valence-electron chi connectivity index (χ1n) is 8.75. The Morgan fingerprint density at radius 3 is 1.93 bits per heavy atom. The van der Waals surface area contributed by atoms with Crippen LogP contribution in [0.2, 0.25) is 0 Å². The monoisotopic (exact) mass is 424 g/mol. The molecule has 0 fully saturated rings. The van der Waals surface area contributed by atoms with Crippen LogP contribution >= 0.6 is 15.9 Å². The summed E-state index contributed by atoms with van der Waals surface area (Å²) in [6.07, 6.45) is 0. The molecule has 0 heterocycles. The molecule has 3 aromatic rings. The second-order valence-electron chi connectivity index (χ2n) is 6.17. The summed E-state index contributed by atoms with van der Waals surface area (Å²) in [5.74, 6) is 1.27. The van der Waals surface area contributed by atoms with Crippen LogP contribution in [0.15, 0.2) is 72.8 Å². The molecular formula is C23H21BrO3. The number of hydrogen-bond acceptors (Lipinski definition) is 3. The summed E-state index contributed by atoms with van der Waals surface area (Å²) in [4.78, 5) is 12.2. The lowest BCUT2D eigenvalue weighted by atomic mass is 10.0. The molecule has 0 unspecified atom stereocenters. The summed E-state index contributed by atoms with van der Waals surface area (Å²) in [6.45, 7) is 2.74. The summed E-state index contributed by atoms with van der Waals surface area (Å²) >= 11 is 3.24. The van der Waals surface area contributed by atoms with Gasteiger partial charge in [0.05, 0.1) is 5.33 Å². The average molecular weight is 425 g/mol. The Bertz CT molecular complexity index is 892. The van der Waals surface area contributed by atoms with Gasteiger partial charge in [-0.2, -0.15) is 0 Å². The molecule has 3 nitrogen and oxygen atoms in total. The molecular weight excluding hydrogens is 404 g/mol. The summed E-state index contributed by atoms with van der Waals surface area (Å²) in [7, 11) is 0. The lowest BCUT2D eigenvalue weighted by molar-refractivity contribution is 0.102. The third-order valence-electron chi connectivity index (χ3n) is 4.25. The zero-order valence-corrected chi connectivity index (χ0v) is 16.7. The molecule has 0 aliphatic carbocycles. The molecule has 138 valence electrons. The van der Waals surface area contributed by atoms with E-state index in [1.165, 1.54) is 0 Å². The first-order valence-corrected chi connectivity index (χ1v) is 9.87. The van der Waals surface area contributed by atoms with Gasteiger partial charge in [0.15, 0.2) is 17.3 Å². The van der Waals surface area contributed by atoms with Crippen molar-refractivity contribution in [2.45, 2.75) is 20.1 Å². The first kappa shape index (κ1) is 19.2. The third-order valence-corrected chi connectivity index (χ3v) is 4.76. The molecule has 0 aromatic heterocycles. The quantitative estimate of drug-likeness (QED) is 0.342. The highest BCUT2D eigenvalue weighted by Crippen LogP contribution is 2.35. The molecule has 0 radical (unpaired) electrons. The standard InChI is InChI=1S/C23H21BrO3/c1-17-20(21(25)14-24)12-13-22(26-15-18-8-4-2-5-9-18)23(17)27-16-19-10-6-3-7-11-19/h2-13H,14-16H2,1H3. The number of carbonyl (C=O) groups is 1. The summed E-state index contributed by atoms with van der Waals surface area (Å²) in [5.41, 5.74) is 3.57. The normalized spacial score (nSPS) is 10.4. The van der Waals surface area contributed by atoms with Gasteiger partial charge in [0.2, 0.25) is 0 Å². The number of Topliss-reactive ketones (excluding diaryl/α,β-unsaturated/α-hetero) is 1. The van der Waals surface area contributed by atoms with Gasteiger partial charge in [0.25, 0.3) is 0 Å². The van der Waals surface area contributed by atoms with Crippen molar-refractivity contribution < 1.29 is 14.3 Å². The zero-order valence-electron chi connectivity index (χ0n) is 15.2. The summed E-state index contributed by atoms with van der Waals surface area (Å²) in [5, 5.41) is 0.274. The van der Waals surface area contributed by atoms with E-state index in [0.717, 1.165) is 16.7 Å². The lowest BCUT2D eigenvalue weighted by Gasteiger charge is -2.17. The molecule has 0 aliphatic heterocycles. The maximum absolute atomic E-state index is 12.2. The highest BCUT2D eigenvalue weighted by atomic mass is 79.9. The van der Waals surface area contributed by atoms with E-state index in [1.807, 2.05) is 73.7 Å². The number of ether oxygens (including phenoxy) is 2. The van der Waals surface area contributed by atoms with E-state index in [4.69, 9.17) is 9.47 Å². The minimum Gasteiger partial charge on any atom is -0.485 e. The highest BCUT2D eigenvalue weighted by Gasteiger charge is 2.17. The van der Waals surface area contributed by atoms with Crippen molar-refractivity contribution >= 4 is 21.7 Å².